The smallest absolute Gasteiger partial charge is 0.179 e. The van der Waals surface area contributed by atoms with E-state index in [0.717, 1.165) is 61.3 Å². The molecule has 2 aromatic heterocycles. The van der Waals surface area contributed by atoms with Crippen molar-refractivity contribution in [3.8, 4) is 27.9 Å². The maximum atomic E-state index is 6.30. The van der Waals surface area contributed by atoms with Crippen molar-refractivity contribution in [2.45, 2.75) is 0 Å². The normalized spacial score (nSPS) is 11.8. The van der Waals surface area contributed by atoms with Crippen LogP contribution in [0.5, 0.6) is 0 Å². The molecule has 14 aromatic rings. The van der Waals surface area contributed by atoms with Gasteiger partial charge in [-0.05, 0) is 121 Å². The van der Waals surface area contributed by atoms with E-state index in [-0.39, 0.29) is 0 Å². The highest BCUT2D eigenvalue weighted by Gasteiger charge is 2.41. The Labute approximate surface area is 431 Å². The van der Waals surface area contributed by atoms with E-state index in [9.17, 15) is 0 Å². The van der Waals surface area contributed by atoms with Gasteiger partial charge in [-0.25, -0.2) is 0 Å². The van der Waals surface area contributed by atoms with Crippen LogP contribution in [0.15, 0.2) is 296 Å². The largest absolute Gasteiger partial charge is 0.456 e. The third kappa shape index (κ3) is 7.10. The first-order valence-electron chi connectivity index (χ1n) is 25.4. The Morgan fingerprint density at radius 2 is 0.811 bits per heavy atom. The number of rotatable bonds is 10. The summed E-state index contributed by atoms with van der Waals surface area (Å²) in [6, 6.07) is 107. The zero-order chi connectivity index (χ0) is 49.0. The summed E-state index contributed by atoms with van der Waals surface area (Å²) in [6.45, 7) is 0. The minimum Gasteiger partial charge on any atom is -0.456 e. The van der Waals surface area contributed by atoms with Gasteiger partial charge in [-0.2, -0.15) is 0 Å². The lowest BCUT2D eigenvalue weighted by Crippen LogP contribution is -2.74. The number of hydrogen-bond acceptors (Lipinski definition) is 2. The average Bonchev–Trinajstić information content (AvgIpc) is 4.03. The van der Waals surface area contributed by atoms with Crippen LogP contribution < -0.4 is 25.6 Å². The summed E-state index contributed by atoms with van der Waals surface area (Å²) < 4.78 is 8.71. The van der Waals surface area contributed by atoms with Gasteiger partial charge in [-0.15, -0.1) is 0 Å². The second-order valence-corrected chi connectivity index (χ2v) is 23.0. The van der Waals surface area contributed by atoms with Crippen LogP contribution in [0.2, 0.25) is 0 Å². The van der Waals surface area contributed by atoms with E-state index in [0.29, 0.717) is 0 Å². The van der Waals surface area contributed by atoms with Gasteiger partial charge in [0, 0.05) is 38.6 Å². The van der Waals surface area contributed by atoms with Crippen LogP contribution in [0.4, 0.5) is 17.1 Å². The van der Waals surface area contributed by atoms with Crippen LogP contribution in [0.1, 0.15) is 0 Å². The summed E-state index contributed by atoms with van der Waals surface area (Å²) >= 11 is 0. The maximum Gasteiger partial charge on any atom is 0.179 e. The Balaban J connectivity index is 0.909. The van der Waals surface area contributed by atoms with Crippen molar-refractivity contribution in [1.29, 1.82) is 0 Å². The van der Waals surface area contributed by atoms with Gasteiger partial charge < -0.3 is 13.9 Å². The van der Waals surface area contributed by atoms with Crippen LogP contribution in [-0.4, -0.2) is 12.6 Å². The molecule has 0 radical (unpaired) electrons. The quantitative estimate of drug-likeness (QED) is 0.101. The van der Waals surface area contributed by atoms with Crippen molar-refractivity contribution in [1.82, 2.24) is 4.57 Å². The highest BCUT2D eigenvalue weighted by atomic mass is 28.3. The molecule has 4 heteroatoms. The first-order valence-corrected chi connectivity index (χ1v) is 27.4. The standard InChI is InChI=1S/C70H48N2OSi/c1-4-20-56(21-5-1)74(57-22-6-2-7-23-57,58-24-8-3-9-25-58)59-45-38-50(39-46-59)49-34-40-53(41-35-49)71(54-42-36-52(37-43-54)61-29-16-19-51-18-10-11-26-60(51)61)66-31-17-32-67-70(66)63-28-12-14-30-65(63)72(67)55-44-47-69-64(48-55)62-27-13-15-33-68(62)73-69/h1-48H. The van der Waals surface area contributed by atoms with E-state index >= 15 is 0 Å². The van der Waals surface area contributed by atoms with Crippen molar-refractivity contribution in [3.05, 3.63) is 291 Å². The lowest BCUT2D eigenvalue weighted by atomic mass is 9.98. The molecule has 0 bridgehead atoms. The van der Waals surface area contributed by atoms with Gasteiger partial charge in [-0.3, -0.25) is 0 Å². The Bertz CT molecular complexity index is 4230. The monoisotopic (exact) mass is 960 g/mol. The van der Waals surface area contributed by atoms with Gasteiger partial charge >= 0.3 is 0 Å². The van der Waals surface area contributed by atoms with Crippen molar-refractivity contribution in [2.75, 3.05) is 4.90 Å². The van der Waals surface area contributed by atoms with Crippen LogP contribution in [0.25, 0.3) is 82.5 Å². The fourth-order valence-electron chi connectivity index (χ4n) is 11.8. The van der Waals surface area contributed by atoms with Gasteiger partial charge in [0.1, 0.15) is 11.2 Å². The molecule has 0 atom stereocenters. The number of aromatic nitrogens is 1. The van der Waals surface area contributed by atoms with E-state index in [2.05, 4.69) is 289 Å². The molecule has 0 aliphatic carbocycles. The summed E-state index contributed by atoms with van der Waals surface area (Å²) in [5.41, 5.74) is 13.1. The first-order chi connectivity index (χ1) is 36.7. The summed E-state index contributed by atoms with van der Waals surface area (Å²) in [7, 11) is -2.66. The highest BCUT2D eigenvalue weighted by molar-refractivity contribution is 7.19. The molecule has 74 heavy (non-hydrogen) atoms. The molecule has 0 aliphatic rings. The van der Waals surface area contributed by atoms with Gasteiger partial charge in [0.2, 0.25) is 0 Å². The number of benzene rings is 12. The third-order valence-corrected chi connectivity index (χ3v) is 20.0. The van der Waals surface area contributed by atoms with Crippen molar-refractivity contribution >= 4 is 100 Å². The molecule has 3 nitrogen and oxygen atoms in total. The Kier molecular flexibility index (Phi) is 10.5. The van der Waals surface area contributed by atoms with Gasteiger partial charge in [0.15, 0.2) is 8.07 Å². The number of para-hydroxylation sites is 2. The molecule has 0 saturated carbocycles. The lowest BCUT2D eigenvalue weighted by molar-refractivity contribution is 0.669. The molecule has 14 rings (SSSR count). The number of fused-ring (bicyclic) bond motifs is 7. The molecule has 348 valence electrons. The number of nitrogens with zero attached hydrogens (tertiary/aromatic N) is 2. The fraction of sp³-hybridized carbons (Fsp3) is 0. The predicted octanol–water partition coefficient (Wildman–Crippen LogP) is 16.0. The zero-order valence-corrected chi connectivity index (χ0v) is 41.5. The van der Waals surface area contributed by atoms with Crippen LogP contribution in [0, 0.1) is 0 Å². The van der Waals surface area contributed by atoms with Crippen molar-refractivity contribution in [3.63, 3.8) is 0 Å². The minimum absolute atomic E-state index is 0.885. The first kappa shape index (κ1) is 43.3. The lowest BCUT2D eigenvalue weighted by Gasteiger charge is -2.34. The van der Waals surface area contributed by atoms with Gasteiger partial charge in [-0.1, -0.05) is 224 Å². The molecule has 0 unspecified atom stereocenters. The van der Waals surface area contributed by atoms with Gasteiger partial charge in [0.05, 0.1) is 16.7 Å². The molecular weight excluding hydrogens is 913 g/mol. The topological polar surface area (TPSA) is 21.3 Å². The second kappa shape index (κ2) is 18.0. The Hall–Kier alpha value is -9.48. The van der Waals surface area contributed by atoms with Crippen LogP contribution in [0.3, 0.4) is 0 Å². The molecule has 0 saturated heterocycles. The number of furan rings is 1. The number of hydrogen-bond donors (Lipinski definition) is 0. The highest BCUT2D eigenvalue weighted by Crippen LogP contribution is 2.45. The van der Waals surface area contributed by atoms with E-state index < -0.39 is 8.07 Å². The van der Waals surface area contributed by atoms with Crippen LogP contribution in [-0.2, 0) is 0 Å². The van der Waals surface area contributed by atoms with E-state index in [1.54, 1.807) is 0 Å². The molecule has 0 spiro atoms. The van der Waals surface area contributed by atoms with Gasteiger partial charge in [0.25, 0.3) is 0 Å². The molecule has 0 N–H and O–H groups in total. The maximum absolute atomic E-state index is 6.30. The fourth-order valence-corrected chi connectivity index (χ4v) is 16.5. The zero-order valence-electron chi connectivity index (χ0n) is 40.5. The van der Waals surface area contributed by atoms with Crippen molar-refractivity contribution in [2.24, 2.45) is 0 Å². The SMILES string of the molecule is c1ccc([Si](c2ccccc2)(c2ccccc2)c2ccc(-c3ccc(N(c4ccc(-c5cccc6ccccc56)cc4)c4cccc5c4c4ccccc4n5-c4ccc5oc6ccccc6c5c4)cc3)cc2)cc1. The predicted molar refractivity (Wildman–Crippen MR) is 315 cm³/mol. The summed E-state index contributed by atoms with van der Waals surface area (Å²) in [4.78, 5) is 2.44. The number of anilines is 3. The molecule has 0 aliphatic heterocycles. The van der Waals surface area contributed by atoms with Crippen LogP contribution >= 0.6 is 0 Å². The van der Waals surface area contributed by atoms with E-state index in [4.69, 9.17) is 4.42 Å². The summed E-state index contributed by atoms with van der Waals surface area (Å²) in [6.07, 6.45) is 0. The molecular formula is C70H48N2OSi. The second-order valence-electron chi connectivity index (χ2n) is 19.2. The summed E-state index contributed by atoms with van der Waals surface area (Å²) in [5.74, 6) is 0. The molecule has 0 fully saturated rings. The minimum atomic E-state index is -2.66. The van der Waals surface area contributed by atoms with E-state index in [1.165, 1.54) is 59.0 Å². The van der Waals surface area contributed by atoms with Crippen molar-refractivity contribution < 1.29 is 4.42 Å². The van der Waals surface area contributed by atoms with E-state index in [1.807, 2.05) is 12.1 Å². The average molecular weight is 961 g/mol. The third-order valence-electron chi connectivity index (χ3n) is 15.2. The molecule has 2 heterocycles. The molecule has 12 aromatic carbocycles. The molecule has 0 amide bonds. The summed E-state index contributed by atoms with van der Waals surface area (Å²) in [5, 5.41) is 12.5. The Morgan fingerprint density at radius 3 is 1.47 bits per heavy atom. The Morgan fingerprint density at radius 1 is 0.324 bits per heavy atom.